The number of nitrogens with one attached hydrogen (secondary N) is 2. The number of hydrogen-bond donors (Lipinski definition) is 2. The fourth-order valence-corrected chi connectivity index (χ4v) is 3.25. The Kier molecular flexibility index (Phi) is 5.72. The summed E-state index contributed by atoms with van der Waals surface area (Å²) in [5.74, 6) is -1.31. The number of imide groups is 1. The zero-order valence-electron chi connectivity index (χ0n) is 16.7. The van der Waals surface area contributed by atoms with Gasteiger partial charge in [-0.3, -0.25) is 9.59 Å². The van der Waals surface area contributed by atoms with Crippen LogP contribution in [-0.2, 0) is 9.59 Å². The summed E-state index contributed by atoms with van der Waals surface area (Å²) in [4.78, 5) is 39.2. The standard InChI is InChI=1S/C21H23N3O5/c1-12-6-5-7-13(2)18(12)23-19(25)15-11-22-21(27)24(20(15)26)14-8-9-16(28-3)17(10-14)29-4/h5-10,15H,11H2,1-4H3,(H,22,27)(H,23,25). The number of amides is 4. The highest BCUT2D eigenvalue weighted by Gasteiger charge is 2.40. The van der Waals surface area contributed by atoms with Crippen LogP contribution in [0.2, 0.25) is 0 Å². The summed E-state index contributed by atoms with van der Waals surface area (Å²) in [6, 6.07) is 9.72. The van der Waals surface area contributed by atoms with E-state index in [0.29, 0.717) is 17.2 Å². The van der Waals surface area contributed by atoms with Crippen LogP contribution in [-0.4, -0.2) is 38.6 Å². The van der Waals surface area contributed by atoms with Crippen LogP contribution in [0.25, 0.3) is 0 Å². The second kappa shape index (κ2) is 8.22. The molecule has 2 aromatic carbocycles. The van der Waals surface area contributed by atoms with Gasteiger partial charge in [0.25, 0.3) is 0 Å². The highest BCUT2D eigenvalue weighted by molar-refractivity contribution is 6.23. The van der Waals surface area contributed by atoms with Gasteiger partial charge >= 0.3 is 6.03 Å². The Bertz CT molecular complexity index is 953. The first-order valence-electron chi connectivity index (χ1n) is 9.08. The van der Waals surface area contributed by atoms with Crippen molar-refractivity contribution < 1.29 is 23.9 Å². The van der Waals surface area contributed by atoms with Gasteiger partial charge < -0.3 is 20.1 Å². The minimum absolute atomic E-state index is 0.0712. The van der Waals surface area contributed by atoms with Crippen molar-refractivity contribution in [2.45, 2.75) is 13.8 Å². The summed E-state index contributed by atoms with van der Waals surface area (Å²) in [5.41, 5.74) is 2.74. The van der Waals surface area contributed by atoms with Gasteiger partial charge in [-0.05, 0) is 37.1 Å². The highest BCUT2D eigenvalue weighted by atomic mass is 16.5. The molecular weight excluding hydrogens is 374 g/mol. The van der Waals surface area contributed by atoms with Crippen LogP contribution in [0.1, 0.15) is 11.1 Å². The van der Waals surface area contributed by atoms with Gasteiger partial charge in [0.05, 0.1) is 19.9 Å². The smallest absolute Gasteiger partial charge is 0.328 e. The number of ether oxygens (including phenoxy) is 2. The molecule has 0 aromatic heterocycles. The van der Waals surface area contributed by atoms with E-state index in [1.165, 1.54) is 20.3 Å². The molecule has 1 fully saturated rings. The Balaban J connectivity index is 1.87. The third kappa shape index (κ3) is 3.87. The van der Waals surface area contributed by atoms with Gasteiger partial charge in [-0.2, -0.15) is 0 Å². The average Bonchev–Trinajstić information content (AvgIpc) is 2.70. The number of methoxy groups -OCH3 is 2. The maximum absolute atomic E-state index is 13.0. The fourth-order valence-electron chi connectivity index (χ4n) is 3.25. The summed E-state index contributed by atoms with van der Waals surface area (Å²) >= 11 is 0. The molecule has 8 heteroatoms. The molecule has 1 saturated heterocycles. The van der Waals surface area contributed by atoms with Crippen molar-refractivity contribution >= 4 is 29.2 Å². The molecular formula is C21H23N3O5. The Hall–Kier alpha value is -3.55. The molecule has 0 radical (unpaired) electrons. The number of rotatable bonds is 5. The van der Waals surface area contributed by atoms with Gasteiger partial charge in [0.1, 0.15) is 5.92 Å². The number of aryl methyl sites for hydroxylation is 2. The molecule has 0 spiro atoms. The zero-order chi connectivity index (χ0) is 21.1. The Morgan fingerprint density at radius 1 is 1.07 bits per heavy atom. The van der Waals surface area contributed by atoms with Crippen LogP contribution >= 0.6 is 0 Å². The lowest BCUT2D eigenvalue weighted by molar-refractivity contribution is -0.130. The van der Waals surface area contributed by atoms with E-state index in [1.54, 1.807) is 12.1 Å². The van der Waals surface area contributed by atoms with E-state index in [-0.39, 0.29) is 12.2 Å². The number of urea groups is 1. The number of nitrogens with zero attached hydrogens (tertiary/aromatic N) is 1. The number of para-hydroxylation sites is 1. The van der Waals surface area contributed by atoms with E-state index >= 15 is 0 Å². The van der Waals surface area contributed by atoms with E-state index in [1.807, 2.05) is 32.0 Å². The Morgan fingerprint density at radius 3 is 2.34 bits per heavy atom. The molecule has 1 heterocycles. The molecule has 29 heavy (non-hydrogen) atoms. The molecule has 0 saturated carbocycles. The van der Waals surface area contributed by atoms with Crippen molar-refractivity contribution in [3.05, 3.63) is 47.5 Å². The number of carbonyl (C=O) groups is 3. The predicted molar refractivity (Wildman–Crippen MR) is 108 cm³/mol. The molecule has 2 N–H and O–H groups in total. The van der Waals surface area contributed by atoms with Crippen LogP contribution in [0.4, 0.5) is 16.2 Å². The maximum atomic E-state index is 13.0. The molecule has 3 rings (SSSR count). The first kappa shape index (κ1) is 20.2. The first-order chi connectivity index (χ1) is 13.9. The molecule has 2 aromatic rings. The van der Waals surface area contributed by atoms with Gasteiger partial charge in [-0.15, -0.1) is 0 Å². The van der Waals surface area contributed by atoms with Crippen molar-refractivity contribution in [1.29, 1.82) is 0 Å². The predicted octanol–water partition coefficient (Wildman–Crippen LogP) is 2.63. The molecule has 0 bridgehead atoms. The molecule has 1 aliphatic rings. The summed E-state index contributed by atoms with van der Waals surface area (Å²) < 4.78 is 10.4. The van der Waals surface area contributed by atoms with Crippen molar-refractivity contribution in [1.82, 2.24) is 5.32 Å². The third-order valence-corrected chi connectivity index (χ3v) is 4.85. The third-order valence-electron chi connectivity index (χ3n) is 4.85. The summed E-state index contributed by atoms with van der Waals surface area (Å²) in [6.45, 7) is 3.68. The van der Waals surface area contributed by atoms with Crippen molar-refractivity contribution in [2.24, 2.45) is 5.92 Å². The van der Waals surface area contributed by atoms with Gasteiger partial charge in [0.15, 0.2) is 11.5 Å². The number of anilines is 2. The molecule has 1 aliphatic heterocycles. The van der Waals surface area contributed by atoms with Gasteiger partial charge in [-0.25, -0.2) is 9.69 Å². The molecule has 1 unspecified atom stereocenters. The van der Waals surface area contributed by atoms with E-state index in [4.69, 9.17) is 9.47 Å². The average molecular weight is 397 g/mol. The van der Waals surface area contributed by atoms with E-state index in [2.05, 4.69) is 10.6 Å². The summed E-state index contributed by atoms with van der Waals surface area (Å²) in [6.07, 6.45) is 0. The summed E-state index contributed by atoms with van der Waals surface area (Å²) in [5, 5.41) is 5.43. The van der Waals surface area contributed by atoms with E-state index < -0.39 is 23.8 Å². The van der Waals surface area contributed by atoms with Crippen LogP contribution in [0.5, 0.6) is 11.5 Å². The van der Waals surface area contributed by atoms with Gasteiger partial charge in [-0.1, -0.05) is 18.2 Å². The number of carbonyl (C=O) groups excluding carboxylic acids is 3. The lowest BCUT2D eigenvalue weighted by atomic mass is 10.0. The quantitative estimate of drug-likeness (QED) is 0.756. The number of hydrogen-bond acceptors (Lipinski definition) is 5. The minimum atomic E-state index is -1.06. The molecule has 0 aliphatic carbocycles. The maximum Gasteiger partial charge on any atom is 0.328 e. The monoisotopic (exact) mass is 397 g/mol. The lowest BCUT2D eigenvalue weighted by Gasteiger charge is -2.31. The summed E-state index contributed by atoms with van der Waals surface area (Å²) in [7, 11) is 2.95. The SMILES string of the molecule is COc1ccc(N2C(=O)NCC(C(=O)Nc3c(C)cccc3C)C2=O)cc1OC. The molecule has 152 valence electrons. The second-order valence-corrected chi connectivity index (χ2v) is 6.71. The topological polar surface area (TPSA) is 97.0 Å². The first-order valence-corrected chi connectivity index (χ1v) is 9.08. The minimum Gasteiger partial charge on any atom is -0.493 e. The van der Waals surface area contributed by atoms with Crippen LogP contribution in [0, 0.1) is 19.8 Å². The van der Waals surface area contributed by atoms with Crippen molar-refractivity contribution in [3.63, 3.8) is 0 Å². The van der Waals surface area contributed by atoms with E-state index in [0.717, 1.165) is 16.0 Å². The van der Waals surface area contributed by atoms with Crippen molar-refractivity contribution in [2.75, 3.05) is 31.0 Å². The second-order valence-electron chi connectivity index (χ2n) is 6.71. The van der Waals surface area contributed by atoms with Crippen molar-refractivity contribution in [3.8, 4) is 11.5 Å². The van der Waals surface area contributed by atoms with E-state index in [9.17, 15) is 14.4 Å². The van der Waals surface area contributed by atoms with Gasteiger partial charge in [0, 0.05) is 18.3 Å². The Labute approximate surface area is 168 Å². The largest absolute Gasteiger partial charge is 0.493 e. The number of benzene rings is 2. The zero-order valence-corrected chi connectivity index (χ0v) is 16.7. The van der Waals surface area contributed by atoms with Gasteiger partial charge in [0.2, 0.25) is 11.8 Å². The van der Waals surface area contributed by atoms with Crippen LogP contribution in [0.3, 0.4) is 0 Å². The Morgan fingerprint density at radius 2 is 1.72 bits per heavy atom. The molecule has 1 atom stereocenters. The van der Waals surface area contributed by atoms with Crippen LogP contribution < -0.4 is 25.0 Å². The van der Waals surface area contributed by atoms with Crippen LogP contribution in [0.15, 0.2) is 36.4 Å². The normalized spacial score (nSPS) is 16.3. The fraction of sp³-hybridized carbons (Fsp3) is 0.286. The lowest BCUT2D eigenvalue weighted by Crippen LogP contribution is -2.58. The molecule has 8 nitrogen and oxygen atoms in total. The molecule has 4 amide bonds. The highest BCUT2D eigenvalue weighted by Crippen LogP contribution is 2.33.